The Hall–Kier alpha value is -1.26. The molecule has 0 amide bonds. The van der Waals surface area contributed by atoms with Crippen LogP contribution in [0.15, 0.2) is 12.1 Å². The van der Waals surface area contributed by atoms with Gasteiger partial charge in [-0.05, 0) is 80.8 Å². The van der Waals surface area contributed by atoms with Crippen LogP contribution in [0.25, 0.3) is 0 Å². The lowest BCUT2D eigenvalue weighted by Crippen LogP contribution is -2.33. The van der Waals surface area contributed by atoms with Crippen molar-refractivity contribution in [1.82, 2.24) is 0 Å². The van der Waals surface area contributed by atoms with Gasteiger partial charge < -0.3 is 4.74 Å². The van der Waals surface area contributed by atoms with E-state index in [0.717, 1.165) is 38.5 Å². The van der Waals surface area contributed by atoms with Crippen molar-refractivity contribution in [3.63, 3.8) is 0 Å². The van der Waals surface area contributed by atoms with Crippen LogP contribution in [0.4, 0.5) is 17.6 Å². The summed E-state index contributed by atoms with van der Waals surface area (Å²) in [6.45, 7) is 1.56. The average Bonchev–Trinajstić information content (AvgIpc) is 2.70. The number of ether oxygens (including phenoxy) is 1. The van der Waals surface area contributed by atoms with E-state index in [2.05, 4.69) is 0 Å². The SMILES string of the molecule is CCC(F)(F)C1CCC(C2CCC(c3ccc(OC)c(F)c3F)CC2)CC1. The van der Waals surface area contributed by atoms with Gasteiger partial charge in [-0.3, -0.25) is 0 Å². The quantitative estimate of drug-likeness (QED) is 0.491. The maximum absolute atomic E-state index is 14.3. The van der Waals surface area contributed by atoms with Crippen LogP contribution in [0.5, 0.6) is 5.75 Å². The Labute approximate surface area is 159 Å². The third-order valence-corrected chi connectivity index (χ3v) is 7.02. The first-order valence-electron chi connectivity index (χ1n) is 10.3. The molecule has 152 valence electrons. The molecule has 3 rings (SSSR count). The zero-order valence-corrected chi connectivity index (χ0v) is 16.2. The summed E-state index contributed by atoms with van der Waals surface area (Å²) in [5.74, 6) is -3.69. The standard InChI is InChI=1S/C22H30F4O/c1-3-22(25,26)17-10-8-15(9-11-17)14-4-6-16(7-5-14)18-12-13-19(27-2)21(24)20(18)23/h12-17H,3-11H2,1-2H3. The van der Waals surface area contributed by atoms with E-state index in [1.165, 1.54) is 13.2 Å². The fourth-order valence-corrected chi connectivity index (χ4v) is 5.22. The monoisotopic (exact) mass is 386 g/mol. The van der Waals surface area contributed by atoms with Gasteiger partial charge in [0.05, 0.1) is 7.11 Å². The molecule has 5 heteroatoms. The molecule has 0 aliphatic heterocycles. The second-order valence-electron chi connectivity index (χ2n) is 8.32. The Balaban J connectivity index is 1.55. The lowest BCUT2D eigenvalue weighted by atomic mass is 9.67. The van der Waals surface area contributed by atoms with E-state index < -0.39 is 23.5 Å². The maximum atomic E-state index is 14.3. The number of halogens is 4. The van der Waals surface area contributed by atoms with Crippen LogP contribution in [0.3, 0.4) is 0 Å². The first-order chi connectivity index (χ1) is 12.9. The van der Waals surface area contributed by atoms with Crippen molar-refractivity contribution < 1.29 is 22.3 Å². The van der Waals surface area contributed by atoms with Crippen molar-refractivity contribution in [2.45, 2.75) is 76.6 Å². The van der Waals surface area contributed by atoms with Gasteiger partial charge >= 0.3 is 0 Å². The molecule has 1 nitrogen and oxygen atoms in total. The van der Waals surface area contributed by atoms with Crippen molar-refractivity contribution in [1.29, 1.82) is 0 Å². The number of hydrogen-bond donors (Lipinski definition) is 0. The molecule has 1 aromatic carbocycles. The number of benzene rings is 1. The van der Waals surface area contributed by atoms with Crippen LogP contribution in [-0.2, 0) is 0 Å². The molecule has 1 aromatic rings. The van der Waals surface area contributed by atoms with Gasteiger partial charge in [-0.15, -0.1) is 0 Å². The molecule has 27 heavy (non-hydrogen) atoms. The minimum Gasteiger partial charge on any atom is -0.494 e. The highest BCUT2D eigenvalue weighted by atomic mass is 19.3. The van der Waals surface area contributed by atoms with Gasteiger partial charge in [0.2, 0.25) is 5.82 Å². The zero-order valence-electron chi connectivity index (χ0n) is 16.2. The van der Waals surface area contributed by atoms with E-state index in [9.17, 15) is 17.6 Å². The Kier molecular flexibility index (Phi) is 6.37. The molecule has 0 radical (unpaired) electrons. The summed E-state index contributed by atoms with van der Waals surface area (Å²) in [6, 6.07) is 3.13. The zero-order chi connectivity index (χ0) is 19.6. The van der Waals surface area contributed by atoms with Gasteiger partial charge in [0.15, 0.2) is 11.6 Å². The molecule has 2 aliphatic rings. The molecule has 0 unspecified atom stereocenters. The van der Waals surface area contributed by atoms with Crippen molar-refractivity contribution in [3.05, 3.63) is 29.3 Å². The minimum atomic E-state index is -2.53. The van der Waals surface area contributed by atoms with Gasteiger partial charge in [0.25, 0.3) is 5.92 Å². The van der Waals surface area contributed by atoms with Gasteiger partial charge in [-0.25, -0.2) is 13.2 Å². The van der Waals surface area contributed by atoms with E-state index in [1.54, 1.807) is 13.0 Å². The van der Waals surface area contributed by atoms with Crippen molar-refractivity contribution in [2.75, 3.05) is 7.11 Å². The smallest absolute Gasteiger partial charge is 0.250 e. The summed E-state index contributed by atoms with van der Waals surface area (Å²) in [5, 5.41) is 0. The fourth-order valence-electron chi connectivity index (χ4n) is 5.22. The van der Waals surface area contributed by atoms with Crippen LogP contribution in [-0.4, -0.2) is 13.0 Å². The molecule has 0 atom stereocenters. The van der Waals surface area contributed by atoms with Gasteiger partial charge in [-0.2, -0.15) is 4.39 Å². The predicted molar refractivity (Wildman–Crippen MR) is 98.3 cm³/mol. The molecular weight excluding hydrogens is 356 g/mol. The molecule has 0 aromatic heterocycles. The summed E-state index contributed by atoms with van der Waals surface area (Å²) in [6.07, 6.45) is 6.51. The normalized spacial score (nSPS) is 29.6. The minimum absolute atomic E-state index is 0.0300. The molecule has 0 N–H and O–H groups in total. The van der Waals surface area contributed by atoms with Crippen LogP contribution in [0, 0.1) is 29.4 Å². The van der Waals surface area contributed by atoms with Gasteiger partial charge in [0, 0.05) is 12.3 Å². The van der Waals surface area contributed by atoms with E-state index in [4.69, 9.17) is 4.74 Å². The first-order valence-corrected chi connectivity index (χ1v) is 10.3. The average molecular weight is 386 g/mol. The summed E-state index contributed by atoms with van der Waals surface area (Å²) >= 11 is 0. The third-order valence-electron chi connectivity index (χ3n) is 7.02. The Morgan fingerprint density at radius 3 is 1.96 bits per heavy atom. The number of rotatable bonds is 5. The van der Waals surface area contributed by atoms with Crippen molar-refractivity contribution in [3.8, 4) is 5.75 Å². The van der Waals surface area contributed by atoms with Gasteiger partial charge in [0.1, 0.15) is 0 Å². The predicted octanol–water partition coefficient (Wildman–Crippen LogP) is 7.10. The molecule has 0 heterocycles. The number of hydrogen-bond acceptors (Lipinski definition) is 1. The second kappa shape index (κ2) is 8.40. The highest BCUT2D eigenvalue weighted by molar-refractivity contribution is 5.33. The Bertz CT molecular complexity index is 629. The summed E-state index contributed by atoms with van der Waals surface area (Å²) < 4.78 is 61.0. The van der Waals surface area contributed by atoms with E-state index >= 15 is 0 Å². The topological polar surface area (TPSA) is 9.23 Å². The van der Waals surface area contributed by atoms with Crippen LogP contribution in [0.1, 0.15) is 76.2 Å². The highest BCUT2D eigenvalue weighted by Crippen LogP contribution is 2.47. The van der Waals surface area contributed by atoms with Crippen molar-refractivity contribution >= 4 is 0 Å². The molecule has 0 spiro atoms. The fraction of sp³-hybridized carbons (Fsp3) is 0.727. The molecular formula is C22H30F4O. The lowest BCUT2D eigenvalue weighted by Gasteiger charge is -2.39. The highest BCUT2D eigenvalue weighted by Gasteiger charge is 2.41. The van der Waals surface area contributed by atoms with Crippen molar-refractivity contribution in [2.24, 2.45) is 17.8 Å². The number of alkyl halides is 2. The first kappa shape index (κ1) is 20.5. The largest absolute Gasteiger partial charge is 0.494 e. The molecule has 0 saturated heterocycles. The van der Waals surface area contributed by atoms with E-state index in [1.807, 2.05) is 0 Å². The summed E-state index contributed by atoms with van der Waals surface area (Å²) in [5.41, 5.74) is 0.443. The Morgan fingerprint density at radius 1 is 0.889 bits per heavy atom. The molecule has 2 aliphatic carbocycles. The van der Waals surface area contributed by atoms with Crippen LogP contribution in [0.2, 0.25) is 0 Å². The Morgan fingerprint density at radius 2 is 1.44 bits per heavy atom. The number of methoxy groups -OCH3 is 1. The van der Waals surface area contributed by atoms with Crippen LogP contribution >= 0.6 is 0 Å². The molecule has 2 saturated carbocycles. The third kappa shape index (κ3) is 4.27. The van der Waals surface area contributed by atoms with E-state index in [-0.39, 0.29) is 18.1 Å². The molecule has 0 bridgehead atoms. The summed E-state index contributed by atoms with van der Waals surface area (Å²) in [4.78, 5) is 0. The second-order valence-corrected chi connectivity index (χ2v) is 8.32. The van der Waals surface area contributed by atoms with Gasteiger partial charge in [-0.1, -0.05) is 13.0 Å². The van der Waals surface area contributed by atoms with E-state index in [0.29, 0.717) is 30.2 Å². The van der Waals surface area contributed by atoms with Crippen LogP contribution < -0.4 is 4.74 Å². The molecule has 2 fully saturated rings. The summed E-state index contributed by atoms with van der Waals surface area (Å²) in [7, 11) is 1.33. The lowest BCUT2D eigenvalue weighted by molar-refractivity contribution is -0.0808. The maximum Gasteiger partial charge on any atom is 0.250 e.